The van der Waals surface area contributed by atoms with Gasteiger partial charge in [-0.15, -0.1) is 11.8 Å². The molecular weight excluding hydrogens is 528 g/mol. The molecule has 39 heavy (non-hydrogen) atoms. The molecule has 1 unspecified atom stereocenters. The van der Waals surface area contributed by atoms with E-state index in [0.29, 0.717) is 59.2 Å². The summed E-state index contributed by atoms with van der Waals surface area (Å²) in [7, 11) is 2.09. The maximum absolute atomic E-state index is 13.4. The van der Waals surface area contributed by atoms with Gasteiger partial charge in [-0.2, -0.15) is 19.0 Å². The van der Waals surface area contributed by atoms with Crippen LogP contribution in [0.1, 0.15) is 24.6 Å². The summed E-state index contributed by atoms with van der Waals surface area (Å²) >= 11 is 1.62. The van der Waals surface area contributed by atoms with Crippen LogP contribution in [0.5, 0.6) is 5.75 Å². The monoisotopic (exact) mass is 557 g/mol. The normalized spacial score (nSPS) is 19.1. The predicted molar refractivity (Wildman–Crippen MR) is 142 cm³/mol. The third-order valence-electron chi connectivity index (χ3n) is 7.06. The van der Waals surface area contributed by atoms with Gasteiger partial charge in [-0.05, 0) is 50.7 Å². The van der Waals surface area contributed by atoms with Gasteiger partial charge in [-0.25, -0.2) is 9.50 Å². The largest absolute Gasteiger partial charge is 0.434 e. The van der Waals surface area contributed by atoms with Gasteiger partial charge in [0, 0.05) is 35.1 Å². The Morgan fingerprint density at radius 3 is 2.92 bits per heavy atom. The molecule has 2 atom stereocenters. The van der Waals surface area contributed by atoms with Crippen LogP contribution in [0.4, 0.5) is 14.5 Å². The zero-order valence-electron chi connectivity index (χ0n) is 21.3. The van der Waals surface area contributed by atoms with Gasteiger partial charge in [0.2, 0.25) is 0 Å². The maximum atomic E-state index is 13.4. The Morgan fingerprint density at radius 1 is 1.31 bits per heavy atom. The molecule has 2 aliphatic heterocycles. The number of rotatable bonds is 10. The van der Waals surface area contributed by atoms with Gasteiger partial charge in [-0.1, -0.05) is 0 Å². The molecule has 2 N–H and O–H groups in total. The fourth-order valence-corrected chi connectivity index (χ4v) is 6.00. The van der Waals surface area contributed by atoms with E-state index >= 15 is 0 Å². The van der Waals surface area contributed by atoms with E-state index in [1.807, 2.05) is 6.07 Å². The van der Waals surface area contributed by atoms with Gasteiger partial charge >= 0.3 is 6.61 Å². The van der Waals surface area contributed by atoms with Gasteiger partial charge in [0.1, 0.15) is 11.4 Å². The first-order valence-corrected chi connectivity index (χ1v) is 13.7. The van der Waals surface area contributed by atoms with E-state index in [4.69, 9.17) is 14.6 Å². The van der Waals surface area contributed by atoms with Crippen LogP contribution in [0.25, 0.3) is 16.9 Å². The third kappa shape index (κ3) is 5.57. The van der Waals surface area contributed by atoms with Crippen molar-refractivity contribution in [3.05, 3.63) is 54.6 Å². The van der Waals surface area contributed by atoms with E-state index in [-0.39, 0.29) is 5.75 Å². The summed E-state index contributed by atoms with van der Waals surface area (Å²) in [6, 6.07) is 7.17. The van der Waals surface area contributed by atoms with E-state index in [2.05, 4.69) is 27.3 Å². The minimum absolute atomic E-state index is 0.0117. The molecule has 0 bridgehead atoms. The maximum Gasteiger partial charge on any atom is 0.387 e. The Bertz CT molecular complexity index is 1440. The number of aliphatic hydroxyl groups is 1. The molecule has 13 heteroatoms. The lowest BCUT2D eigenvalue weighted by Gasteiger charge is -2.25. The molecule has 0 aliphatic carbocycles. The third-order valence-corrected chi connectivity index (χ3v) is 8.19. The number of aliphatic hydroxyl groups excluding tert-OH is 1. The Labute approximate surface area is 227 Å². The first-order valence-electron chi connectivity index (χ1n) is 12.8. The van der Waals surface area contributed by atoms with Crippen molar-refractivity contribution in [2.75, 3.05) is 32.1 Å². The molecule has 4 aromatic rings. The zero-order chi connectivity index (χ0) is 26.9. The molecule has 0 saturated carbocycles. The van der Waals surface area contributed by atoms with Crippen molar-refractivity contribution < 1.29 is 23.4 Å². The molecule has 10 nitrogen and oxygen atoms in total. The number of hydrogen-bond acceptors (Lipinski definition) is 9. The van der Waals surface area contributed by atoms with Crippen LogP contribution in [0.2, 0.25) is 0 Å². The minimum Gasteiger partial charge on any atom is -0.434 e. The van der Waals surface area contributed by atoms with E-state index in [1.54, 1.807) is 63.9 Å². The van der Waals surface area contributed by atoms with Crippen molar-refractivity contribution in [3.63, 3.8) is 0 Å². The van der Waals surface area contributed by atoms with Crippen molar-refractivity contribution in [1.82, 2.24) is 29.3 Å². The zero-order valence-corrected chi connectivity index (χ0v) is 22.1. The number of nitrogens with one attached hydrogen (secondary N) is 1. The quantitative estimate of drug-likeness (QED) is 0.281. The lowest BCUT2D eigenvalue weighted by Crippen LogP contribution is -2.30. The Morgan fingerprint density at radius 2 is 2.18 bits per heavy atom. The fourth-order valence-electron chi connectivity index (χ4n) is 4.95. The van der Waals surface area contributed by atoms with Crippen molar-refractivity contribution in [3.8, 4) is 17.0 Å². The molecule has 2 fully saturated rings. The molecule has 3 aromatic heterocycles. The second-order valence-corrected chi connectivity index (χ2v) is 11.1. The summed E-state index contributed by atoms with van der Waals surface area (Å²) in [5.41, 5.74) is 2.27. The number of anilines is 1. The first kappa shape index (κ1) is 26.0. The second-order valence-electron chi connectivity index (χ2n) is 9.74. The lowest BCUT2D eigenvalue weighted by molar-refractivity contribution is -0.0494. The van der Waals surface area contributed by atoms with Gasteiger partial charge in [0.05, 0.1) is 42.5 Å². The number of likely N-dealkylation sites (N-methyl/N-ethyl adjacent to an activating group) is 1. The topological polar surface area (TPSA) is 102 Å². The van der Waals surface area contributed by atoms with Crippen molar-refractivity contribution in [2.24, 2.45) is 0 Å². The molecule has 0 radical (unpaired) electrons. The summed E-state index contributed by atoms with van der Waals surface area (Å²) in [6.07, 6.45) is 7.68. The highest BCUT2D eigenvalue weighted by atomic mass is 32.2. The van der Waals surface area contributed by atoms with Crippen molar-refractivity contribution >= 4 is 23.1 Å². The van der Waals surface area contributed by atoms with Crippen LogP contribution in [-0.4, -0.2) is 79.1 Å². The summed E-state index contributed by atoms with van der Waals surface area (Å²) in [6.45, 7) is -0.0700. The van der Waals surface area contributed by atoms with Crippen LogP contribution >= 0.6 is 11.8 Å². The SMILES string of the molecule is CN1CCC[C@@H]1Cn1cc(NC(O)c2cnn3cccnc23)c(-c2cc(SC3COC3)ccc2OC(F)F)n1. The molecule has 1 aromatic carbocycles. The van der Waals surface area contributed by atoms with Crippen LogP contribution in [-0.2, 0) is 11.3 Å². The number of ether oxygens (including phenoxy) is 2. The number of halogens is 2. The molecule has 6 rings (SSSR count). The van der Waals surface area contributed by atoms with Gasteiger partial charge in [0.25, 0.3) is 0 Å². The fraction of sp³-hybridized carbons (Fsp3) is 0.423. The van der Waals surface area contributed by atoms with E-state index in [9.17, 15) is 13.9 Å². The predicted octanol–water partition coefficient (Wildman–Crippen LogP) is 3.88. The highest BCUT2D eigenvalue weighted by Gasteiger charge is 2.26. The number of benzene rings is 1. The van der Waals surface area contributed by atoms with Gasteiger partial charge in [0.15, 0.2) is 11.9 Å². The smallest absolute Gasteiger partial charge is 0.387 e. The number of alkyl halides is 2. The van der Waals surface area contributed by atoms with E-state index in [1.165, 1.54) is 0 Å². The van der Waals surface area contributed by atoms with Crippen LogP contribution < -0.4 is 10.1 Å². The molecule has 2 aliphatic rings. The molecule has 5 heterocycles. The number of nitrogens with zero attached hydrogens (tertiary/aromatic N) is 6. The number of fused-ring (bicyclic) bond motifs is 1. The van der Waals surface area contributed by atoms with Crippen molar-refractivity contribution in [2.45, 2.75) is 48.4 Å². The Kier molecular flexibility index (Phi) is 7.38. The summed E-state index contributed by atoms with van der Waals surface area (Å²) in [5, 5.41) is 23.7. The van der Waals surface area contributed by atoms with E-state index < -0.39 is 12.8 Å². The highest BCUT2D eigenvalue weighted by Crippen LogP contribution is 2.40. The molecule has 206 valence electrons. The minimum atomic E-state index is -3.00. The summed E-state index contributed by atoms with van der Waals surface area (Å²) < 4.78 is 40.4. The first-order chi connectivity index (χ1) is 18.9. The summed E-state index contributed by atoms with van der Waals surface area (Å²) in [5.74, 6) is 0.0117. The lowest BCUT2D eigenvalue weighted by atomic mass is 10.1. The van der Waals surface area contributed by atoms with Crippen LogP contribution in [0.3, 0.4) is 0 Å². The number of thioether (sulfide) groups is 1. The molecule has 0 spiro atoms. The Hall–Kier alpha value is -3.26. The Balaban J connectivity index is 1.38. The average molecular weight is 558 g/mol. The van der Waals surface area contributed by atoms with Crippen molar-refractivity contribution in [1.29, 1.82) is 0 Å². The summed E-state index contributed by atoms with van der Waals surface area (Å²) in [4.78, 5) is 7.50. The molecule has 2 saturated heterocycles. The van der Waals surface area contributed by atoms with Crippen LogP contribution in [0, 0.1) is 0 Å². The van der Waals surface area contributed by atoms with Crippen LogP contribution in [0.15, 0.2) is 53.9 Å². The van der Waals surface area contributed by atoms with Gasteiger partial charge in [-0.3, -0.25) is 4.68 Å². The second kappa shape index (κ2) is 11.1. The average Bonchev–Trinajstić information content (AvgIpc) is 3.61. The standard InChI is InChI=1S/C26H29F2N7O3S/c1-33-8-2-4-16(33)12-34-13-21(31-25(36)20-11-30-35-9-3-7-29-24(20)35)23(32-34)19-10-17(39-18-14-37-15-18)5-6-22(19)38-26(27)28/h3,5-7,9-11,13,16,18,25-26,31,36H,2,4,8,12,14-15H2,1H3/t16-,25?/m1/s1. The molecule has 0 amide bonds. The number of hydrogen-bond donors (Lipinski definition) is 2. The number of likely N-dealkylation sites (tertiary alicyclic amines) is 1. The highest BCUT2D eigenvalue weighted by molar-refractivity contribution is 8.00. The molecular formula is C26H29F2N7O3S. The number of aromatic nitrogens is 5. The van der Waals surface area contributed by atoms with E-state index in [0.717, 1.165) is 24.3 Å². The van der Waals surface area contributed by atoms with Gasteiger partial charge < -0.3 is 24.8 Å².